The predicted molar refractivity (Wildman–Crippen MR) is 75.0 cm³/mol. The zero-order valence-corrected chi connectivity index (χ0v) is 12.5. The first-order chi connectivity index (χ1) is 10.5. The SMILES string of the molecule is CC1(C)[C@H](C(=O)O)[C@@H]1C(=O)Nc1cccc(OCC(F)(F)F)c1. The van der Waals surface area contributed by atoms with Gasteiger partial charge in [-0.15, -0.1) is 0 Å². The minimum absolute atomic E-state index is 0.0371. The number of aliphatic carboxylic acids is 1. The van der Waals surface area contributed by atoms with Crippen molar-refractivity contribution in [1.82, 2.24) is 0 Å². The molecular weight excluding hydrogens is 315 g/mol. The molecule has 1 aromatic carbocycles. The lowest BCUT2D eigenvalue weighted by Gasteiger charge is -2.11. The Morgan fingerprint density at radius 3 is 2.48 bits per heavy atom. The number of hydrogen-bond acceptors (Lipinski definition) is 3. The van der Waals surface area contributed by atoms with Crippen molar-refractivity contribution in [2.45, 2.75) is 20.0 Å². The van der Waals surface area contributed by atoms with Gasteiger partial charge in [0.05, 0.1) is 11.8 Å². The second-order valence-corrected chi connectivity index (χ2v) is 6.04. The van der Waals surface area contributed by atoms with Crippen LogP contribution in [0.5, 0.6) is 5.75 Å². The molecule has 2 rings (SSSR count). The van der Waals surface area contributed by atoms with Gasteiger partial charge in [0, 0.05) is 11.8 Å². The quantitative estimate of drug-likeness (QED) is 0.870. The summed E-state index contributed by atoms with van der Waals surface area (Å²) < 4.78 is 41.0. The first-order valence-electron chi connectivity index (χ1n) is 6.85. The Bertz CT molecular complexity index is 627. The summed E-state index contributed by atoms with van der Waals surface area (Å²) in [6.45, 7) is 1.93. The van der Waals surface area contributed by atoms with Crippen LogP contribution in [0, 0.1) is 17.3 Å². The summed E-state index contributed by atoms with van der Waals surface area (Å²) in [5.41, 5.74) is -0.401. The van der Waals surface area contributed by atoms with Crippen molar-refractivity contribution >= 4 is 17.6 Å². The van der Waals surface area contributed by atoms with Crippen LogP contribution in [0.15, 0.2) is 24.3 Å². The fraction of sp³-hybridized carbons (Fsp3) is 0.467. The van der Waals surface area contributed by atoms with Gasteiger partial charge >= 0.3 is 12.1 Å². The van der Waals surface area contributed by atoms with Gasteiger partial charge in [-0.3, -0.25) is 9.59 Å². The highest BCUT2D eigenvalue weighted by molar-refractivity contribution is 5.99. The van der Waals surface area contributed by atoms with Gasteiger partial charge in [-0.05, 0) is 17.5 Å². The highest BCUT2D eigenvalue weighted by Gasteiger charge is 2.65. The van der Waals surface area contributed by atoms with E-state index in [-0.39, 0.29) is 11.4 Å². The van der Waals surface area contributed by atoms with E-state index in [1.807, 2.05) is 0 Å². The Kier molecular flexibility index (Phi) is 4.28. The van der Waals surface area contributed by atoms with Crippen molar-refractivity contribution in [3.8, 4) is 5.75 Å². The van der Waals surface area contributed by atoms with E-state index in [1.165, 1.54) is 24.3 Å². The Labute approximate surface area is 130 Å². The van der Waals surface area contributed by atoms with E-state index in [1.54, 1.807) is 13.8 Å². The molecule has 5 nitrogen and oxygen atoms in total. The zero-order valence-electron chi connectivity index (χ0n) is 12.5. The number of alkyl halides is 3. The maximum atomic E-state index is 12.1. The van der Waals surface area contributed by atoms with Gasteiger partial charge < -0.3 is 15.2 Å². The van der Waals surface area contributed by atoms with E-state index < -0.39 is 41.9 Å². The first kappa shape index (κ1) is 17.1. The summed E-state index contributed by atoms with van der Waals surface area (Å²) in [6.07, 6.45) is -4.45. The van der Waals surface area contributed by atoms with Crippen LogP contribution in [-0.2, 0) is 9.59 Å². The minimum Gasteiger partial charge on any atom is -0.484 e. The number of carbonyl (C=O) groups excluding carboxylic acids is 1. The van der Waals surface area contributed by atoms with Crippen molar-refractivity contribution in [3.63, 3.8) is 0 Å². The zero-order chi connectivity index (χ0) is 17.4. The number of carboxylic acids is 1. The highest BCUT2D eigenvalue weighted by atomic mass is 19.4. The predicted octanol–water partition coefficient (Wildman–Crippen LogP) is 2.92. The molecule has 1 saturated carbocycles. The van der Waals surface area contributed by atoms with Crippen molar-refractivity contribution in [1.29, 1.82) is 0 Å². The van der Waals surface area contributed by atoms with Crippen LogP contribution in [0.3, 0.4) is 0 Å². The van der Waals surface area contributed by atoms with E-state index in [4.69, 9.17) is 5.11 Å². The number of anilines is 1. The summed E-state index contributed by atoms with van der Waals surface area (Å²) in [5, 5.41) is 11.6. The molecule has 0 bridgehead atoms. The topological polar surface area (TPSA) is 75.6 Å². The normalized spacial score (nSPS) is 22.3. The van der Waals surface area contributed by atoms with Gasteiger partial charge in [0.25, 0.3) is 0 Å². The lowest BCUT2D eigenvalue weighted by atomic mass is 10.1. The molecule has 0 saturated heterocycles. The van der Waals surface area contributed by atoms with Gasteiger partial charge in [-0.2, -0.15) is 13.2 Å². The van der Waals surface area contributed by atoms with E-state index in [0.29, 0.717) is 0 Å². The molecule has 23 heavy (non-hydrogen) atoms. The molecule has 0 heterocycles. The molecule has 1 aliphatic rings. The summed E-state index contributed by atoms with van der Waals surface area (Å²) in [5.74, 6) is -3.01. The van der Waals surface area contributed by atoms with Crippen molar-refractivity contribution in [3.05, 3.63) is 24.3 Å². The summed E-state index contributed by atoms with van der Waals surface area (Å²) in [4.78, 5) is 23.2. The average molecular weight is 331 g/mol. The molecule has 2 N–H and O–H groups in total. The number of benzene rings is 1. The Morgan fingerprint density at radius 1 is 1.30 bits per heavy atom. The number of ether oxygens (including phenoxy) is 1. The number of carboxylic acid groups (broad SMARTS) is 1. The number of carbonyl (C=O) groups is 2. The highest BCUT2D eigenvalue weighted by Crippen LogP contribution is 2.58. The van der Waals surface area contributed by atoms with Crippen LogP contribution in [0.2, 0.25) is 0 Å². The molecule has 1 aliphatic carbocycles. The largest absolute Gasteiger partial charge is 0.484 e. The Morgan fingerprint density at radius 2 is 1.96 bits per heavy atom. The maximum absolute atomic E-state index is 12.1. The van der Waals surface area contributed by atoms with Crippen LogP contribution in [0.4, 0.5) is 18.9 Å². The number of rotatable bonds is 5. The third-order valence-corrected chi connectivity index (χ3v) is 3.88. The summed E-state index contributed by atoms with van der Waals surface area (Å²) >= 11 is 0. The maximum Gasteiger partial charge on any atom is 0.422 e. The third-order valence-electron chi connectivity index (χ3n) is 3.88. The van der Waals surface area contributed by atoms with Crippen LogP contribution < -0.4 is 10.1 Å². The molecule has 126 valence electrons. The smallest absolute Gasteiger partial charge is 0.422 e. The monoisotopic (exact) mass is 331 g/mol. The number of halogens is 3. The second kappa shape index (κ2) is 5.75. The first-order valence-corrected chi connectivity index (χ1v) is 6.85. The van der Waals surface area contributed by atoms with E-state index in [9.17, 15) is 22.8 Å². The third kappa shape index (κ3) is 3.94. The van der Waals surface area contributed by atoms with E-state index in [0.717, 1.165) is 0 Å². The molecule has 0 radical (unpaired) electrons. The molecule has 0 aromatic heterocycles. The van der Waals surface area contributed by atoms with Crippen molar-refractivity contribution in [2.75, 3.05) is 11.9 Å². The number of amides is 1. The molecule has 0 spiro atoms. The van der Waals surface area contributed by atoms with Crippen LogP contribution >= 0.6 is 0 Å². The molecular formula is C15H16F3NO4. The molecule has 1 aromatic rings. The molecule has 2 atom stereocenters. The van der Waals surface area contributed by atoms with Crippen LogP contribution in [-0.4, -0.2) is 29.8 Å². The Hall–Kier alpha value is -2.25. The lowest BCUT2D eigenvalue weighted by Crippen LogP contribution is -2.20. The molecule has 1 amide bonds. The summed E-state index contributed by atoms with van der Waals surface area (Å²) in [7, 11) is 0. The van der Waals surface area contributed by atoms with Crippen LogP contribution in [0.1, 0.15) is 13.8 Å². The fourth-order valence-corrected chi connectivity index (χ4v) is 2.64. The van der Waals surface area contributed by atoms with Gasteiger partial charge in [-0.25, -0.2) is 0 Å². The summed E-state index contributed by atoms with van der Waals surface area (Å²) in [6, 6.07) is 5.52. The van der Waals surface area contributed by atoms with Gasteiger partial charge in [-0.1, -0.05) is 19.9 Å². The second-order valence-electron chi connectivity index (χ2n) is 6.04. The fourth-order valence-electron chi connectivity index (χ4n) is 2.64. The Balaban J connectivity index is 2.01. The van der Waals surface area contributed by atoms with Gasteiger partial charge in [0.2, 0.25) is 5.91 Å². The number of hydrogen-bond donors (Lipinski definition) is 2. The number of nitrogens with one attached hydrogen (secondary N) is 1. The van der Waals surface area contributed by atoms with Gasteiger partial charge in [0.15, 0.2) is 6.61 Å². The van der Waals surface area contributed by atoms with E-state index >= 15 is 0 Å². The van der Waals surface area contributed by atoms with Crippen LogP contribution in [0.25, 0.3) is 0 Å². The minimum atomic E-state index is -4.45. The van der Waals surface area contributed by atoms with Crippen molar-refractivity contribution in [2.24, 2.45) is 17.3 Å². The molecule has 0 unspecified atom stereocenters. The molecule has 8 heteroatoms. The molecule has 1 fully saturated rings. The van der Waals surface area contributed by atoms with E-state index in [2.05, 4.69) is 10.1 Å². The lowest BCUT2D eigenvalue weighted by molar-refractivity contribution is -0.153. The van der Waals surface area contributed by atoms with Crippen molar-refractivity contribution < 1.29 is 32.6 Å². The van der Waals surface area contributed by atoms with Gasteiger partial charge in [0.1, 0.15) is 5.75 Å². The average Bonchev–Trinajstić information content (AvgIpc) is 2.99. The molecule has 0 aliphatic heterocycles. The standard InChI is InChI=1S/C15H16F3NO4/c1-14(2)10(11(14)13(21)22)12(20)19-8-4-3-5-9(6-8)23-7-15(16,17)18/h3-6,10-11H,7H2,1-2H3,(H,19,20)(H,21,22)/t10-,11+/m1/s1.